The van der Waals surface area contributed by atoms with Crippen molar-refractivity contribution >= 4 is 28.6 Å². The lowest BCUT2D eigenvalue weighted by molar-refractivity contribution is 0.0303. The molecule has 4 fully saturated rings. The summed E-state index contributed by atoms with van der Waals surface area (Å²) in [5.41, 5.74) is 2.54. The van der Waals surface area contributed by atoms with Crippen molar-refractivity contribution in [3.8, 4) is 11.4 Å². The van der Waals surface area contributed by atoms with E-state index in [1.54, 1.807) is 7.11 Å². The number of urea groups is 1. The maximum Gasteiger partial charge on any atom is 0.319 e. The highest BCUT2D eigenvalue weighted by molar-refractivity contribution is 5.91. The lowest BCUT2D eigenvalue weighted by Gasteiger charge is -2.33. The number of hydrogen-bond acceptors (Lipinski definition) is 7. The van der Waals surface area contributed by atoms with Gasteiger partial charge in [-0.3, -0.25) is 0 Å². The maximum absolute atomic E-state index is 12.2. The smallest absolute Gasteiger partial charge is 0.319 e. The van der Waals surface area contributed by atoms with Gasteiger partial charge in [-0.15, -0.1) is 0 Å². The number of morpholine rings is 1. The number of carbonyl (C=O) groups is 1. The second-order valence-corrected chi connectivity index (χ2v) is 11.2. The molecular weight excluding hydrogens is 482 g/mol. The fraction of sp³-hybridized carbons (Fsp3) is 0.571. The van der Waals surface area contributed by atoms with Gasteiger partial charge in [0.05, 0.1) is 35.9 Å². The number of ether oxygens (including phenoxy) is 2. The average Bonchev–Trinajstić information content (AvgIpc) is 3.55. The van der Waals surface area contributed by atoms with Crippen LogP contribution in [0.1, 0.15) is 57.4 Å². The molecule has 2 bridgehead atoms. The average molecular weight is 518 g/mol. The summed E-state index contributed by atoms with van der Waals surface area (Å²) in [5.74, 6) is 1.61. The van der Waals surface area contributed by atoms with Crippen LogP contribution in [0.2, 0.25) is 0 Å². The van der Waals surface area contributed by atoms with Gasteiger partial charge < -0.3 is 25.0 Å². The standard InChI is InChI=1S/C28H35N7O3/c1-37-21-10-8-20(9-11-21)35-27-24(14-29-35)26(34-15-22-12-13-23(16-34)38-22)32-25(33-27)17-2-4-18(5-3-17)30-28(36)31-19-6-7-19/h2-5,14,19-23H,6-13,15-16H2,1H3,(H2,30,31,36)/t20-,21-,22?,23?. The van der Waals surface area contributed by atoms with Crippen LogP contribution in [0.15, 0.2) is 30.5 Å². The number of nitrogens with zero attached hydrogens (tertiary/aromatic N) is 5. The molecule has 200 valence electrons. The molecule has 2 saturated heterocycles. The number of carbonyl (C=O) groups excluding carboxylic acids is 1. The molecular formula is C28H35N7O3. The number of methoxy groups -OCH3 is 1. The van der Waals surface area contributed by atoms with Crippen molar-refractivity contribution < 1.29 is 14.3 Å². The number of nitrogens with one attached hydrogen (secondary N) is 2. The Hall–Kier alpha value is -3.24. The predicted octanol–water partition coefficient (Wildman–Crippen LogP) is 4.27. The van der Waals surface area contributed by atoms with Crippen molar-refractivity contribution in [1.29, 1.82) is 0 Å². The molecule has 0 radical (unpaired) electrons. The van der Waals surface area contributed by atoms with E-state index in [2.05, 4.69) is 20.2 Å². The highest BCUT2D eigenvalue weighted by atomic mass is 16.5. The summed E-state index contributed by atoms with van der Waals surface area (Å²) in [6.07, 6.45) is 11.2. The molecule has 4 aliphatic rings. The largest absolute Gasteiger partial charge is 0.381 e. The van der Waals surface area contributed by atoms with Gasteiger partial charge in [-0.05, 0) is 75.6 Å². The Bertz CT molecular complexity index is 1300. The third kappa shape index (κ3) is 4.71. The molecule has 1 aromatic carbocycles. The topological polar surface area (TPSA) is 106 Å². The van der Waals surface area contributed by atoms with Crippen molar-refractivity contribution in [2.24, 2.45) is 0 Å². The minimum Gasteiger partial charge on any atom is -0.381 e. The van der Waals surface area contributed by atoms with Crippen molar-refractivity contribution in [1.82, 2.24) is 25.1 Å². The van der Waals surface area contributed by atoms with Crippen LogP contribution in [0.5, 0.6) is 0 Å². The highest BCUT2D eigenvalue weighted by Gasteiger charge is 2.36. The number of hydrogen-bond donors (Lipinski definition) is 2. The van der Waals surface area contributed by atoms with E-state index in [1.807, 2.05) is 30.5 Å². The van der Waals surface area contributed by atoms with E-state index < -0.39 is 0 Å². The van der Waals surface area contributed by atoms with Gasteiger partial charge in [0.1, 0.15) is 5.82 Å². The fourth-order valence-electron chi connectivity index (χ4n) is 6.14. The van der Waals surface area contributed by atoms with Crippen molar-refractivity contribution in [2.45, 2.75) is 81.8 Å². The first-order valence-corrected chi connectivity index (χ1v) is 14.0. The van der Waals surface area contributed by atoms with Crippen LogP contribution >= 0.6 is 0 Å². The van der Waals surface area contributed by atoms with E-state index in [-0.39, 0.29) is 18.2 Å². The third-order valence-electron chi connectivity index (χ3n) is 8.41. The number of aromatic nitrogens is 4. The van der Waals surface area contributed by atoms with Gasteiger partial charge >= 0.3 is 6.03 Å². The number of anilines is 2. The Labute approximate surface area is 222 Å². The SMILES string of the molecule is CO[C@H]1CC[C@H](n2ncc3c(N4CC5CCC(C4)O5)nc(-c4ccc(NC(=O)NC5CC5)cc4)nc32)CC1. The molecule has 2 atom stereocenters. The number of fused-ring (bicyclic) bond motifs is 3. The summed E-state index contributed by atoms with van der Waals surface area (Å²) >= 11 is 0. The summed E-state index contributed by atoms with van der Waals surface area (Å²) in [5, 5.41) is 11.7. The lowest BCUT2D eigenvalue weighted by Crippen LogP contribution is -2.43. The quantitative estimate of drug-likeness (QED) is 0.503. The lowest BCUT2D eigenvalue weighted by atomic mass is 9.93. The summed E-state index contributed by atoms with van der Waals surface area (Å²) in [6, 6.07) is 8.23. The van der Waals surface area contributed by atoms with E-state index in [1.165, 1.54) is 0 Å². The minimum absolute atomic E-state index is 0.158. The summed E-state index contributed by atoms with van der Waals surface area (Å²) < 4.78 is 13.8. The number of amides is 2. The van der Waals surface area contributed by atoms with Gasteiger partial charge in [0, 0.05) is 37.5 Å². The molecule has 4 heterocycles. The van der Waals surface area contributed by atoms with Crippen LogP contribution in [0.4, 0.5) is 16.3 Å². The van der Waals surface area contributed by atoms with Gasteiger partial charge in [-0.1, -0.05) is 0 Å². The Kier molecular flexibility index (Phi) is 6.16. The Morgan fingerprint density at radius 1 is 0.974 bits per heavy atom. The van der Waals surface area contributed by atoms with E-state index in [0.29, 0.717) is 24.0 Å². The predicted molar refractivity (Wildman–Crippen MR) is 144 cm³/mol. The van der Waals surface area contributed by atoms with E-state index in [0.717, 1.165) is 92.6 Å². The Morgan fingerprint density at radius 3 is 2.39 bits per heavy atom. The first kappa shape index (κ1) is 23.8. The zero-order valence-electron chi connectivity index (χ0n) is 21.8. The first-order chi connectivity index (χ1) is 18.6. The number of rotatable bonds is 6. The molecule has 2 aliphatic carbocycles. The van der Waals surface area contributed by atoms with Crippen LogP contribution < -0.4 is 15.5 Å². The van der Waals surface area contributed by atoms with E-state index in [4.69, 9.17) is 24.5 Å². The summed E-state index contributed by atoms with van der Waals surface area (Å²) in [4.78, 5) is 24.7. The molecule has 3 aromatic rings. The van der Waals surface area contributed by atoms with Crippen molar-refractivity contribution in [3.63, 3.8) is 0 Å². The molecule has 2 aliphatic heterocycles. The molecule has 10 nitrogen and oxygen atoms in total. The molecule has 2 unspecified atom stereocenters. The van der Waals surface area contributed by atoms with E-state index in [9.17, 15) is 4.79 Å². The van der Waals surface area contributed by atoms with E-state index >= 15 is 0 Å². The monoisotopic (exact) mass is 517 g/mol. The second kappa shape index (κ2) is 9.81. The van der Waals surface area contributed by atoms with Crippen molar-refractivity contribution in [3.05, 3.63) is 30.5 Å². The molecule has 10 heteroatoms. The zero-order valence-corrected chi connectivity index (χ0v) is 21.8. The number of benzene rings is 1. The van der Waals surface area contributed by atoms with Crippen LogP contribution in [-0.4, -0.2) is 70.3 Å². The third-order valence-corrected chi connectivity index (χ3v) is 8.41. The van der Waals surface area contributed by atoms with Crippen molar-refractivity contribution in [2.75, 3.05) is 30.4 Å². The van der Waals surface area contributed by atoms with Crippen LogP contribution in [-0.2, 0) is 9.47 Å². The molecule has 2 aromatic heterocycles. The first-order valence-electron chi connectivity index (χ1n) is 14.0. The maximum atomic E-state index is 12.2. The molecule has 7 rings (SSSR count). The normalized spacial score (nSPS) is 27.0. The second-order valence-electron chi connectivity index (χ2n) is 11.2. The Balaban J connectivity index is 1.22. The fourth-order valence-corrected chi connectivity index (χ4v) is 6.14. The Morgan fingerprint density at radius 2 is 1.71 bits per heavy atom. The molecule has 0 spiro atoms. The van der Waals surface area contributed by atoms with Gasteiger partial charge in [0.25, 0.3) is 0 Å². The van der Waals surface area contributed by atoms with Gasteiger partial charge in [-0.25, -0.2) is 19.4 Å². The minimum atomic E-state index is -0.158. The summed E-state index contributed by atoms with van der Waals surface area (Å²) in [6.45, 7) is 1.68. The van der Waals surface area contributed by atoms with Crippen LogP contribution in [0, 0.1) is 0 Å². The molecule has 38 heavy (non-hydrogen) atoms. The molecule has 2 N–H and O–H groups in total. The zero-order chi connectivity index (χ0) is 25.6. The molecule has 2 amide bonds. The summed E-state index contributed by atoms with van der Waals surface area (Å²) in [7, 11) is 1.80. The molecule has 2 saturated carbocycles. The van der Waals surface area contributed by atoms with Crippen LogP contribution in [0.25, 0.3) is 22.4 Å². The van der Waals surface area contributed by atoms with Crippen LogP contribution in [0.3, 0.4) is 0 Å². The highest BCUT2D eigenvalue weighted by Crippen LogP contribution is 2.37. The van der Waals surface area contributed by atoms with Gasteiger partial charge in [0.2, 0.25) is 0 Å². The van der Waals surface area contributed by atoms with Gasteiger partial charge in [-0.2, -0.15) is 5.10 Å². The van der Waals surface area contributed by atoms with Gasteiger partial charge in [0.15, 0.2) is 11.5 Å².